The monoisotopic (exact) mass is 431 g/mol. The van der Waals surface area contributed by atoms with E-state index in [1.807, 2.05) is 25.2 Å². The number of quaternary nitrogens is 1. The molecule has 32 heavy (non-hydrogen) atoms. The molecule has 3 aromatic rings. The predicted octanol–water partition coefficient (Wildman–Crippen LogP) is 2.61. The Morgan fingerprint density at radius 2 is 1.78 bits per heavy atom. The lowest BCUT2D eigenvalue weighted by Gasteiger charge is -2.20. The molecule has 0 bridgehead atoms. The van der Waals surface area contributed by atoms with Crippen LogP contribution in [-0.4, -0.2) is 27.1 Å². The highest BCUT2D eigenvalue weighted by Gasteiger charge is 2.31. The van der Waals surface area contributed by atoms with E-state index < -0.39 is 0 Å². The molecule has 1 atom stereocenters. The zero-order chi connectivity index (χ0) is 22.7. The number of methoxy groups -OCH3 is 2. The maximum atomic E-state index is 13.0. The Morgan fingerprint density at radius 3 is 2.50 bits per heavy atom. The number of allylic oxidation sites excluding steroid dienone is 1. The average Bonchev–Trinajstić information content (AvgIpc) is 3.11. The van der Waals surface area contributed by atoms with Gasteiger partial charge in [0.2, 0.25) is 5.78 Å². The van der Waals surface area contributed by atoms with Crippen molar-refractivity contribution in [1.29, 1.82) is 0 Å². The number of ether oxygens (including phenoxy) is 3. The van der Waals surface area contributed by atoms with Crippen LogP contribution in [0.4, 0.5) is 0 Å². The Bertz CT molecular complexity index is 1170. The molecule has 0 aliphatic carbocycles. The molecule has 0 aromatic heterocycles. The van der Waals surface area contributed by atoms with Crippen molar-refractivity contribution in [2.24, 2.45) is 0 Å². The number of rotatable bonds is 7. The van der Waals surface area contributed by atoms with Crippen molar-refractivity contribution in [3.05, 3.63) is 88.7 Å². The molecule has 0 radical (unpaired) electrons. The first-order valence-electron chi connectivity index (χ1n) is 10.3. The van der Waals surface area contributed by atoms with Gasteiger partial charge in [0.1, 0.15) is 30.3 Å². The van der Waals surface area contributed by atoms with Crippen LogP contribution in [0.2, 0.25) is 0 Å². The zero-order valence-electron chi connectivity index (χ0n) is 18.3. The van der Waals surface area contributed by atoms with Crippen LogP contribution >= 0.6 is 0 Å². The Balaban J connectivity index is 1.63. The van der Waals surface area contributed by atoms with E-state index >= 15 is 0 Å². The number of hydrogen-bond acceptors (Lipinski definition) is 5. The SMILES string of the molecule is COc1ccc(OC)c(/C=C2\Oc3c(ccc([O-])c3C[NH+](C)Cc3ccccc3)C2=O)c1. The molecule has 164 valence electrons. The van der Waals surface area contributed by atoms with Crippen molar-refractivity contribution in [3.8, 4) is 23.0 Å². The van der Waals surface area contributed by atoms with Crippen molar-refractivity contribution < 1.29 is 29.0 Å². The number of benzene rings is 3. The van der Waals surface area contributed by atoms with Gasteiger partial charge < -0.3 is 24.2 Å². The van der Waals surface area contributed by atoms with Gasteiger partial charge in [0.15, 0.2) is 5.76 Å². The highest BCUT2D eigenvalue weighted by Crippen LogP contribution is 2.39. The summed E-state index contributed by atoms with van der Waals surface area (Å²) in [7, 11) is 5.14. The molecule has 1 heterocycles. The summed E-state index contributed by atoms with van der Waals surface area (Å²) in [6.07, 6.45) is 1.62. The molecular weight excluding hydrogens is 406 g/mol. The molecule has 6 heteroatoms. The van der Waals surface area contributed by atoms with E-state index in [1.165, 1.54) is 11.6 Å². The van der Waals surface area contributed by atoms with E-state index in [1.54, 1.807) is 44.6 Å². The minimum atomic E-state index is -0.258. The van der Waals surface area contributed by atoms with E-state index in [0.29, 0.717) is 40.5 Å². The first kappa shape index (κ1) is 21.5. The van der Waals surface area contributed by atoms with Gasteiger partial charge in [-0.3, -0.25) is 4.79 Å². The number of nitrogens with one attached hydrogen (secondary N) is 1. The summed E-state index contributed by atoms with van der Waals surface area (Å²) in [5, 5.41) is 12.7. The Morgan fingerprint density at radius 1 is 1.00 bits per heavy atom. The number of ketones is 1. The number of hydrogen-bond donors (Lipinski definition) is 1. The lowest BCUT2D eigenvalue weighted by Crippen LogP contribution is -3.06. The fourth-order valence-electron chi connectivity index (χ4n) is 3.86. The molecule has 3 aromatic carbocycles. The van der Waals surface area contributed by atoms with Gasteiger partial charge in [-0.15, -0.1) is 0 Å². The predicted molar refractivity (Wildman–Crippen MR) is 119 cm³/mol. The number of fused-ring (bicyclic) bond motifs is 1. The topological polar surface area (TPSA) is 72.3 Å². The molecule has 6 nitrogen and oxygen atoms in total. The third kappa shape index (κ3) is 4.31. The maximum Gasteiger partial charge on any atom is 0.231 e. The molecule has 0 fully saturated rings. The highest BCUT2D eigenvalue weighted by atomic mass is 16.5. The molecule has 1 aliphatic heterocycles. The van der Waals surface area contributed by atoms with Gasteiger partial charge in [0.05, 0.1) is 26.8 Å². The summed E-state index contributed by atoms with van der Waals surface area (Å²) >= 11 is 0. The van der Waals surface area contributed by atoms with Gasteiger partial charge in [-0.2, -0.15) is 0 Å². The standard InChI is InChI=1S/C26H25NO5/c1-27(15-17-7-5-4-6-8-17)16-21-22(28)11-10-20-25(29)24(32-26(20)21)14-18-13-19(30-2)9-12-23(18)31-3/h4-14,28H,15-16H2,1-3H3/b24-14-. The Hall–Kier alpha value is -3.77. The largest absolute Gasteiger partial charge is 0.872 e. The second kappa shape index (κ2) is 9.16. The van der Waals surface area contributed by atoms with Gasteiger partial charge in [-0.05, 0) is 30.3 Å². The summed E-state index contributed by atoms with van der Waals surface area (Å²) in [4.78, 5) is 14.1. The molecule has 1 aliphatic rings. The van der Waals surface area contributed by atoms with Gasteiger partial charge in [0, 0.05) is 16.7 Å². The number of Topliss-reactive ketones (excluding diaryl/α,β-unsaturated/α-hetero) is 1. The number of carbonyl (C=O) groups is 1. The Labute approximate surface area is 187 Å². The van der Waals surface area contributed by atoms with Crippen molar-refractivity contribution in [3.63, 3.8) is 0 Å². The summed E-state index contributed by atoms with van der Waals surface area (Å²) < 4.78 is 16.6. The van der Waals surface area contributed by atoms with Crippen molar-refractivity contribution >= 4 is 11.9 Å². The lowest BCUT2D eigenvalue weighted by atomic mass is 10.0. The summed E-state index contributed by atoms with van der Waals surface area (Å²) in [5.74, 6) is 1.33. The lowest BCUT2D eigenvalue weighted by molar-refractivity contribution is -0.907. The van der Waals surface area contributed by atoms with E-state index in [4.69, 9.17) is 14.2 Å². The van der Waals surface area contributed by atoms with E-state index in [2.05, 4.69) is 12.1 Å². The van der Waals surface area contributed by atoms with Crippen LogP contribution in [0.1, 0.15) is 27.0 Å². The minimum Gasteiger partial charge on any atom is -0.872 e. The van der Waals surface area contributed by atoms with Crippen molar-refractivity contribution in [2.45, 2.75) is 13.1 Å². The molecule has 0 saturated heterocycles. The van der Waals surface area contributed by atoms with Crippen LogP contribution < -0.4 is 24.2 Å². The smallest absolute Gasteiger partial charge is 0.231 e. The van der Waals surface area contributed by atoms with Gasteiger partial charge in [0.25, 0.3) is 0 Å². The zero-order valence-corrected chi connectivity index (χ0v) is 18.3. The van der Waals surface area contributed by atoms with Crippen LogP contribution in [0.5, 0.6) is 23.0 Å². The van der Waals surface area contributed by atoms with Crippen LogP contribution in [0.15, 0.2) is 66.4 Å². The highest BCUT2D eigenvalue weighted by molar-refractivity contribution is 6.15. The quantitative estimate of drug-likeness (QED) is 0.583. The molecule has 1 unspecified atom stereocenters. The van der Waals surface area contributed by atoms with E-state index in [9.17, 15) is 9.90 Å². The van der Waals surface area contributed by atoms with Crippen molar-refractivity contribution in [1.82, 2.24) is 0 Å². The van der Waals surface area contributed by atoms with Crippen LogP contribution in [0.3, 0.4) is 0 Å². The second-order valence-corrected chi connectivity index (χ2v) is 7.76. The first-order chi connectivity index (χ1) is 15.5. The normalized spacial score (nSPS) is 14.7. The average molecular weight is 431 g/mol. The fraction of sp³-hybridized carbons (Fsp3) is 0.192. The summed E-state index contributed by atoms with van der Waals surface area (Å²) in [5.41, 5.74) is 2.73. The molecule has 0 spiro atoms. The first-order valence-corrected chi connectivity index (χ1v) is 10.3. The summed E-state index contributed by atoms with van der Waals surface area (Å²) in [6, 6.07) is 18.4. The molecule has 0 amide bonds. The molecule has 4 rings (SSSR count). The van der Waals surface area contributed by atoms with E-state index in [-0.39, 0.29) is 17.3 Å². The van der Waals surface area contributed by atoms with Gasteiger partial charge in [-0.25, -0.2) is 0 Å². The molecular formula is C26H25NO5. The third-order valence-corrected chi connectivity index (χ3v) is 5.45. The van der Waals surface area contributed by atoms with Crippen LogP contribution in [0, 0.1) is 0 Å². The van der Waals surface area contributed by atoms with Crippen LogP contribution in [0.25, 0.3) is 6.08 Å². The van der Waals surface area contributed by atoms with Crippen molar-refractivity contribution in [2.75, 3.05) is 21.3 Å². The van der Waals surface area contributed by atoms with Crippen LogP contribution in [-0.2, 0) is 13.1 Å². The minimum absolute atomic E-state index is 0.135. The number of carbonyl (C=O) groups excluding carboxylic acids is 1. The third-order valence-electron chi connectivity index (χ3n) is 5.45. The Kier molecular flexibility index (Phi) is 6.14. The summed E-state index contributed by atoms with van der Waals surface area (Å²) in [6.45, 7) is 1.20. The molecule has 1 N–H and O–H groups in total. The van der Waals surface area contributed by atoms with Gasteiger partial charge in [-0.1, -0.05) is 42.1 Å². The fourth-order valence-corrected chi connectivity index (χ4v) is 3.86. The van der Waals surface area contributed by atoms with Gasteiger partial charge >= 0.3 is 0 Å². The second-order valence-electron chi connectivity index (χ2n) is 7.76. The molecule has 0 saturated carbocycles. The van der Waals surface area contributed by atoms with E-state index in [0.717, 1.165) is 11.4 Å². The maximum absolute atomic E-state index is 13.0.